The Hall–Kier alpha value is -4.62. The number of hydrogen-bond donors (Lipinski definition) is 3. The Balaban J connectivity index is 1.96. The minimum absolute atomic E-state index is 0.0177. The monoisotopic (exact) mass is 610 g/mol. The third kappa shape index (κ3) is 8.93. The van der Waals surface area contributed by atoms with Crippen LogP contribution in [0, 0.1) is 11.6 Å². The number of hydrogen-bond acceptors (Lipinski definition) is 7. The number of anilines is 3. The van der Waals surface area contributed by atoms with Gasteiger partial charge >= 0.3 is 18.2 Å². The number of alkyl halides is 3. The number of carboxylic acids is 1. The largest absolute Gasteiger partial charge is 0.481 e. The van der Waals surface area contributed by atoms with Gasteiger partial charge in [0.15, 0.2) is 0 Å². The average molecular weight is 611 g/mol. The lowest BCUT2D eigenvalue weighted by atomic mass is 10.1. The number of ether oxygens (including phenoxy) is 2. The van der Waals surface area contributed by atoms with E-state index < -0.39 is 52.3 Å². The molecular formula is C29H31F5N4O5. The fraction of sp³-hybridized carbons (Fsp3) is 0.345. The van der Waals surface area contributed by atoms with E-state index in [4.69, 9.17) is 15.2 Å². The fourth-order valence-electron chi connectivity index (χ4n) is 4.04. The molecule has 0 saturated heterocycles. The van der Waals surface area contributed by atoms with Gasteiger partial charge < -0.3 is 30.5 Å². The van der Waals surface area contributed by atoms with Gasteiger partial charge in [0, 0.05) is 18.3 Å². The molecule has 0 unspecified atom stereocenters. The molecule has 3 aromatic rings. The molecule has 4 N–H and O–H groups in total. The highest BCUT2D eigenvalue weighted by Crippen LogP contribution is 2.36. The van der Waals surface area contributed by atoms with Crippen molar-refractivity contribution in [3.63, 3.8) is 0 Å². The summed E-state index contributed by atoms with van der Waals surface area (Å²) in [6.07, 6.45) is -5.22. The van der Waals surface area contributed by atoms with Gasteiger partial charge in [0.25, 0.3) is 0 Å². The summed E-state index contributed by atoms with van der Waals surface area (Å²) in [5.74, 6) is -3.85. The number of carbonyl (C=O) groups is 2. The molecule has 0 saturated carbocycles. The summed E-state index contributed by atoms with van der Waals surface area (Å²) in [6.45, 7) is 4.74. The van der Waals surface area contributed by atoms with Crippen molar-refractivity contribution in [3.8, 4) is 5.88 Å². The second kappa shape index (κ2) is 13.1. The molecule has 0 aliphatic rings. The van der Waals surface area contributed by atoms with Gasteiger partial charge in [0.05, 0.1) is 41.9 Å². The molecule has 0 aliphatic carbocycles. The van der Waals surface area contributed by atoms with Gasteiger partial charge in [-0.1, -0.05) is 0 Å². The van der Waals surface area contributed by atoms with Crippen LogP contribution < -0.4 is 15.8 Å². The van der Waals surface area contributed by atoms with Crippen LogP contribution in [-0.4, -0.2) is 46.3 Å². The SMILES string of the molecule is COc1ccc(N)c(CCCN(Cc2cc(F)ccc2Nc2cc(C(F)(F)F)c(F)cc2C(=O)O)C(=O)OC(C)(C)C)n1. The van der Waals surface area contributed by atoms with Gasteiger partial charge in [-0.15, -0.1) is 0 Å². The van der Waals surface area contributed by atoms with Crippen molar-refractivity contribution in [2.24, 2.45) is 0 Å². The first-order valence-electron chi connectivity index (χ1n) is 12.9. The normalized spacial score (nSPS) is 11.7. The molecule has 0 bridgehead atoms. The number of aromatic carboxylic acids is 1. The molecule has 0 atom stereocenters. The number of pyridine rings is 1. The molecule has 1 aromatic heterocycles. The summed E-state index contributed by atoms with van der Waals surface area (Å²) in [6, 6.07) is 7.00. The van der Waals surface area contributed by atoms with Crippen molar-refractivity contribution in [2.45, 2.75) is 51.9 Å². The standard InChI is InChI=1S/C29H31F5N4O5/c1-28(2,3)43-27(41)38(11-5-6-23-21(35)8-10-25(37-23)42-4)15-16-12-17(30)7-9-22(16)36-24-14-19(29(32,33)34)20(31)13-18(24)26(39)40/h7-10,12-14,36H,5-6,11,15,35H2,1-4H3,(H,39,40). The van der Waals surface area contributed by atoms with E-state index in [1.807, 2.05) is 0 Å². The first-order chi connectivity index (χ1) is 20.0. The van der Waals surface area contributed by atoms with Crippen LogP contribution in [0.1, 0.15) is 54.4 Å². The number of nitrogens with two attached hydrogens (primary N) is 1. The van der Waals surface area contributed by atoms with Gasteiger partial charge in [-0.25, -0.2) is 23.4 Å². The van der Waals surface area contributed by atoms with Gasteiger partial charge in [0.2, 0.25) is 5.88 Å². The molecule has 0 radical (unpaired) electrons. The quantitative estimate of drug-likeness (QED) is 0.215. The molecule has 1 amide bonds. The van der Waals surface area contributed by atoms with E-state index in [0.29, 0.717) is 36.2 Å². The summed E-state index contributed by atoms with van der Waals surface area (Å²) in [5, 5.41) is 12.1. The molecule has 9 nitrogen and oxygen atoms in total. The maximum atomic E-state index is 14.4. The predicted molar refractivity (Wildman–Crippen MR) is 148 cm³/mol. The number of benzene rings is 2. The molecule has 0 fully saturated rings. The van der Waals surface area contributed by atoms with Crippen LogP contribution in [0.3, 0.4) is 0 Å². The highest BCUT2D eigenvalue weighted by Gasteiger charge is 2.36. The van der Waals surface area contributed by atoms with Crippen LogP contribution in [0.15, 0.2) is 42.5 Å². The van der Waals surface area contributed by atoms with Crippen LogP contribution in [0.5, 0.6) is 5.88 Å². The van der Waals surface area contributed by atoms with Crippen LogP contribution >= 0.6 is 0 Å². The van der Waals surface area contributed by atoms with Crippen molar-refractivity contribution >= 4 is 29.1 Å². The zero-order valence-electron chi connectivity index (χ0n) is 23.8. The van der Waals surface area contributed by atoms with Crippen molar-refractivity contribution < 1.29 is 46.1 Å². The van der Waals surface area contributed by atoms with E-state index >= 15 is 0 Å². The number of aromatic nitrogens is 1. The van der Waals surface area contributed by atoms with E-state index in [1.54, 1.807) is 32.9 Å². The highest BCUT2D eigenvalue weighted by atomic mass is 19.4. The molecule has 0 spiro atoms. The van der Waals surface area contributed by atoms with E-state index in [-0.39, 0.29) is 30.4 Å². The first kappa shape index (κ1) is 32.9. The van der Waals surface area contributed by atoms with Crippen molar-refractivity contribution in [3.05, 3.63) is 76.5 Å². The number of nitrogens with zero attached hydrogens (tertiary/aromatic N) is 2. The zero-order valence-corrected chi connectivity index (χ0v) is 23.8. The Morgan fingerprint density at radius 2 is 1.74 bits per heavy atom. The first-order valence-corrected chi connectivity index (χ1v) is 12.9. The Kier molecular flexibility index (Phi) is 10.0. The van der Waals surface area contributed by atoms with Crippen LogP contribution in [-0.2, 0) is 23.9 Å². The summed E-state index contributed by atoms with van der Waals surface area (Å²) in [5.41, 5.74) is 3.05. The van der Waals surface area contributed by atoms with Crippen LogP contribution in [0.2, 0.25) is 0 Å². The van der Waals surface area contributed by atoms with Crippen molar-refractivity contribution in [1.29, 1.82) is 0 Å². The topological polar surface area (TPSA) is 127 Å². The molecule has 232 valence electrons. The number of methoxy groups -OCH3 is 1. The van der Waals surface area contributed by atoms with Crippen molar-refractivity contribution in [2.75, 3.05) is 24.7 Å². The number of aryl methyl sites for hydroxylation is 1. The number of halogens is 5. The maximum absolute atomic E-state index is 14.4. The molecule has 0 aliphatic heterocycles. The minimum Gasteiger partial charge on any atom is -0.481 e. The Labute approximate surface area is 244 Å². The number of carbonyl (C=O) groups excluding carboxylic acids is 1. The smallest absolute Gasteiger partial charge is 0.419 e. The fourth-order valence-corrected chi connectivity index (χ4v) is 4.04. The summed E-state index contributed by atoms with van der Waals surface area (Å²) >= 11 is 0. The number of rotatable bonds is 10. The lowest BCUT2D eigenvalue weighted by Crippen LogP contribution is -2.37. The van der Waals surface area contributed by atoms with E-state index in [0.717, 1.165) is 12.1 Å². The second-order valence-corrected chi connectivity index (χ2v) is 10.5. The Bertz CT molecular complexity index is 1490. The van der Waals surface area contributed by atoms with E-state index in [1.165, 1.54) is 18.1 Å². The average Bonchev–Trinajstić information content (AvgIpc) is 2.89. The Morgan fingerprint density at radius 3 is 2.35 bits per heavy atom. The van der Waals surface area contributed by atoms with E-state index in [9.17, 15) is 36.6 Å². The summed E-state index contributed by atoms with van der Waals surface area (Å²) < 4.78 is 79.3. The molecule has 3 rings (SSSR count). The van der Waals surface area contributed by atoms with Crippen molar-refractivity contribution in [1.82, 2.24) is 9.88 Å². The predicted octanol–water partition coefficient (Wildman–Crippen LogP) is 6.78. The molecule has 1 heterocycles. The summed E-state index contributed by atoms with van der Waals surface area (Å²) in [4.78, 5) is 30.4. The third-order valence-corrected chi connectivity index (χ3v) is 6.03. The van der Waals surface area contributed by atoms with Crippen LogP contribution in [0.4, 0.5) is 43.8 Å². The Morgan fingerprint density at radius 1 is 1.05 bits per heavy atom. The lowest BCUT2D eigenvalue weighted by Gasteiger charge is -2.28. The minimum atomic E-state index is -5.11. The van der Waals surface area contributed by atoms with Crippen LogP contribution in [0.25, 0.3) is 0 Å². The number of amides is 1. The van der Waals surface area contributed by atoms with Gasteiger partial charge in [-0.05, 0) is 75.6 Å². The molecule has 14 heteroatoms. The van der Waals surface area contributed by atoms with E-state index in [2.05, 4.69) is 10.3 Å². The third-order valence-electron chi connectivity index (χ3n) is 6.03. The molecule has 43 heavy (non-hydrogen) atoms. The zero-order chi connectivity index (χ0) is 32.1. The lowest BCUT2D eigenvalue weighted by molar-refractivity contribution is -0.139. The van der Waals surface area contributed by atoms with Gasteiger partial charge in [0.1, 0.15) is 17.2 Å². The van der Waals surface area contributed by atoms with Gasteiger partial charge in [-0.2, -0.15) is 13.2 Å². The molecule has 2 aromatic carbocycles. The number of nitrogens with one attached hydrogen (secondary N) is 1. The molecular weight excluding hydrogens is 579 g/mol. The van der Waals surface area contributed by atoms with Gasteiger partial charge in [-0.3, -0.25) is 0 Å². The maximum Gasteiger partial charge on any atom is 0.419 e. The number of nitrogen functional groups attached to an aromatic ring is 1. The highest BCUT2D eigenvalue weighted by molar-refractivity contribution is 5.95. The summed E-state index contributed by atoms with van der Waals surface area (Å²) in [7, 11) is 1.45. The number of carboxylic acid groups (broad SMARTS) is 1. The second-order valence-electron chi connectivity index (χ2n) is 10.5.